The molecule has 1 unspecified atom stereocenters. The number of aliphatic carboxylic acids is 2. The zero-order valence-corrected chi connectivity index (χ0v) is 18.2. The fraction of sp³-hybridized carbons (Fsp3) is 0.545. The molecule has 2 rings (SSSR count). The Kier molecular flexibility index (Phi) is 7.65. The fourth-order valence-corrected chi connectivity index (χ4v) is 3.42. The molecule has 9 heteroatoms. The van der Waals surface area contributed by atoms with Crippen molar-refractivity contribution in [2.75, 3.05) is 6.61 Å². The lowest BCUT2D eigenvalue weighted by atomic mass is 9.87. The number of carboxylic acid groups (broad SMARTS) is 2. The van der Waals surface area contributed by atoms with Crippen molar-refractivity contribution in [1.29, 1.82) is 0 Å². The number of carbonyl (C=O) groups excluding carboxylic acids is 2. The topological polar surface area (TPSA) is 136 Å². The van der Waals surface area contributed by atoms with E-state index in [1.165, 1.54) is 0 Å². The van der Waals surface area contributed by atoms with Crippen molar-refractivity contribution < 1.29 is 43.6 Å². The molecule has 0 amide bonds. The summed E-state index contributed by atoms with van der Waals surface area (Å²) in [6, 6.07) is 0. The van der Waals surface area contributed by atoms with Crippen LogP contribution in [-0.4, -0.2) is 46.3 Å². The number of hydrogen-bond donors (Lipinski definition) is 2. The molecule has 31 heavy (non-hydrogen) atoms. The Morgan fingerprint density at radius 3 is 2.06 bits per heavy atom. The van der Waals surface area contributed by atoms with E-state index in [9.17, 15) is 19.2 Å². The summed E-state index contributed by atoms with van der Waals surface area (Å²) in [4.78, 5) is 45.1. The van der Waals surface area contributed by atoms with Gasteiger partial charge in [0.05, 0.1) is 25.7 Å². The summed E-state index contributed by atoms with van der Waals surface area (Å²) in [5, 5.41) is 17.4. The first-order valence-electron chi connectivity index (χ1n) is 10.0. The first kappa shape index (κ1) is 24.2. The number of hydrogen-bond acceptors (Lipinski definition) is 7. The molecule has 9 nitrogen and oxygen atoms in total. The summed E-state index contributed by atoms with van der Waals surface area (Å²) in [6.07, 6.45) is 0.146. The lowest BCUT2D eigenvalue weighted by Gasteiger charge is -2.37. The summed E-state index contributed by atoms with van der Waals surface area (Å²) in [5.41, 5.74) is 2.36. The number of esters is 2. The van der Waals surface area contributed by atoms with E-state index in [1.807, 2.05) is 20.8 Å². The monoisotopic (exact) mass is 436 g/mol. The summed E-state index contributed by atoms with van der Waals surface area (Å²) >= 11 is 0. The standard InChI is InChI=1S/C22H28O9/c1-12-13(2)21-15(14(3)20(12)30-19(28)8-6-17(25)26)9-10-22(4,31-21)11-29-18(27)7-5-16(23)24/h5-11H2,1-4H3,(H,23,24)(H,25,26). The van der Waals surface area contributed by atoms with Crippen molar-refractivity contribution in [3.63, 3.8) is 0 Å². The van der Waals surface area contributed by atoms with Crippen LogP contribution in [0.25, 0.3) is 0 Å². The van der Waals surface area contributed by atoms with Crippen molar-refractivity contribution >= 4 is 23.9 Å². The zero-order chi connectivity index (χ0) is 23.3. The molecule has 0 bridgehead atoms. The van der Waals surface area contributed by atoms with E-state index in [2.05, 4.69) is 0 Å². The van der Waals surface area contributed by atoms with Gasteiger partial charge in [-0.15, -0.1) is 0 Å². The Morgan fingerprint density at radius 2 is 1.48 bits per heavy atom. The van der Waals surface area contributed by atoms with Gasteiger partial charge < -0.3 is 24.4 Å². The molecule has 1 aromatic carbocycles. The van der Waals surface area contributed by atoms with E-state index < -0.39 is 29.5 Å². The van der Waals surface area contributed by atoms with Crippen molar-refractivity contribution in [2.24, 2.45) is 0 Å². The van der Waals surface area contributed by atoms with Gasteiger partial charge in [0.15, 0.2) is 0 Å². The minimum absolute atomic E-state index is 0.00560. The maximum absolute atomic E-state index is 12.0. The smallest absolute Gasteiger partial charge is 0.311 e. The first-order valence-corrected chi connectivity index (χ1v) is 10.0. The molecule has 1 aliphatic rings. The highest BCUT2D eigenvalue weighted by Crippen LogP contribution is 2.44. The summed E-state index contributed by atoms with van der Waals surface area (Å²) < 4.78 is 16.9. The van der Waals surface area contributed by atoms with Gasteiger partial charge in [-0.1, -0.05) is 0 Å². The van der Waals surface area contributed by atoms with Gasteiger partial charge >= 0.3 is 23.9 Å². The highest BCUT2D eigenvalue weighted by Gasteiger charge is 2.36. The van der Waals surface area contributed by atoms with Crippen molar-refractivity contribution in [3.05, 3.63) is 22.3 Å². The third kappa shape index (κ3) is 6.19. The Bertz CT molecular complexity index is 903. The average molecular weight is 436 g/mol. The van der Waals surface area contributed by atoms with Crippen LogP contribution >= 0.6 is 0 Å². The average Bonchev–Trinajstić information content (AvgIpc) is 2.70. The van der Waals surface area contributed by atoms with E-state index in [4.69, 9.17) is 24.4 Å². The minimum Gasteiger partial charge on any atom is -0.483 e. The van der Waals surface area contributed by atoms with Gasteiger partial charge in [0, 0.05) is 5.56 Å². The molecule has 0 saturated carbocycles. The maximum Gasteiger partial charge on any atom is 0.311 e. The van der Waals surface area contributed by atoms with Gasteiger partial charge in [-0.05, 0) is 57.2 Å². The number of rotatable bonds is 9. The lowest BCUT2D eigenvalue weighted by molar-refractivity contribution is -0.152. The Morgan fingerprint density at radius 1 is 0.903 bits per heavy atom. The van der Waals surface area contributed by atoms with Crippen LogP contribution < -0.4 is 9.47 Å². The van der Waals surface area contributed by atoms with E-state index in [-0.39, 0.29) is 32.3 Å². The SMILES string of the molecule is Cc1c(C)c2c(c(C)c1OC(=O)CCC(=O)O)CCC(C)(COC(=O)CCC(=O)O)O2. The molecule has 1 heterocycles. The largest absolute Gasteiger partial charge is 0.483 e. The third-order valence-corrected chi connectivity index (χ3v) is 5.40. The molecule has 0 radical (unpaired) electrons. The number of fused-ring (bicyclic) bond motifs is 1. The lowest BCUT2D eigenvalue weighted by Crippen LogP contribution is -2.42. The van der Waals surface area contributed by atoms with Gasteiger partial charge in [-0.3, -0.25) is 19.2 Å². The second kappa shape index (κ2) is 9.80. The summed E-state index contributed by atoms with van der Waals surface area (Å²) in [5.74, 6) is -2.27. The van der Waals surface area contributed by atoms with E-state index >= 15 is 0 Å². The van der Waals surface area contributed by atoms with Crippen LogP contribution in [0.4, 0.5) is 0 Å². The van der Waals surface area contributed by atoms with Gasteiger partial charge in [-0.2, -0.15) is 0 Å². The van der Waals surface area contributed by atoms with Gasteiger partial charge in [0.25, 0.3) is 0 Å². The molecule has 1 aromatic rings. The molecule has 0 saturated heterocycles. The third-order valence-electron chi connectivity index (χ3n) is 5.40. The highest BCUT2D eigenvalue weighted by molar-refractivity contribution is 5.79. The van der Waals surface area contributed by atoms with E-state index in [0.29, 0.717) is 29.9 Å². The summed E-state index contributed by atoms with van der Waals surface area (Å²) in [7, 11) is 0. The number of benzene rings is 1. The van der Waals surface area contributed by atoms with Crippen LogP contribution in [0, 0.1) is 20.8 Å². The van der Waals surface area contributed by atoms with Crippen LogP contribution in [0.1, 0.15) is 61.3 Å². The Labute approximate surface area is 180 Å². The minimum atomic E-state index is -1.07. The van der Waals surface area contributed by atoms with Gasteiger partial charge in [-0.25, -0.2) is 0 Å². The molecular weight excluding hydrogens is 408 g/mol. The second-order valence-electron chi connectivity index (χ2n) is 7.99. The zero-order valence-electron chi connectivity index (χ0n) is 18.2. The molecule has 1 aliphatic heterocycles. The Balaban J connectivity index is 2.16. The molecule has 0 fully saturated rings. The molecule has 0 spiro atoms. The molecule has 2 N–H and O–H groups in total. The Hall–Kier alpha value is -3.10. The molecule has 0 aliphatic carbocycles. The van der Waals surface area contributed by atoms with Gasteiger partial charge in [0.1, 0.15) is 23.7 Å². The number of carbonyl (C=O) groups is 4. The van der Waals surface area contributed by atoms with E-state index in [1.54, 1.807) is 6.92 Å². The molecule has 0 aromatic heterocycles. The van der Waals surface area contributed by atoms with E-state index in [0.717, 1.165) is 16.7 Å². The van der Waals surface area contributed by atoms with Crippen LogP contribution in [0.5, 0.6) is 11.5 Å². The van der Waals surface area contributed by atoms with Crippen LogP contribution in [-0.2, 0) is 30.3 Å². The quantitative estimate of drug-likeness (QED) is 0.442. The van der Waals surface area contributed by atoms with Crippen LogP contribution in [0.15, 0.2) is 0 Å². The first-order chi connectivity index (χ1) is 14.4. The van der Waals surface area contributed by atoms with Crippen LogP contribution in [0.3, 0.4) is 0 Å². The maximum atomic E-state index is 12.0. The summed E-state index contributed by atoms with van der Waals surface area (Å²) in [6.45, 7) is 7.28. The predicted octanol–water partition coefficient (Wildman–Crippen LogP) is 2.87. The fourth-order valence-electron chi connectivity index (χ4n) is 3.42. The molecule has 1 atom stereocenters. The number of ether oxygens (including phenoxy) is 3. The van der Waals surface area contributed by atoms with Gasteiger partial charge in [0.2, 0.25) is 0 Å². The number of carboxylic acids is 2. The highest BCUT2D eigenvalue weighted by atomic mass is 16.6. The molecule has 170 valence electrons. The van der Waals surface area contributed by atoms with Crippen molar-refractivity contribution in [1.82, 2.24) is 0 Å². The van der Waals surface area contributed by atoms with Crippen molar-refractivity contribution in [3.8, 4) is 11.5 Å². The normalized spacial score (nSPS) is 17.3. The van der Waals surface area contributed by atoms with Crippen molar-refractivity contribution in [2.45, 2.75) is 71.8 Å². The second-order valence-corrected chi connectivity index (χ2v) is 7.99. The predicted molar refractivity (Wildman–Crippen MR) is 108 cm³/mol. The van der Waals surface area contributed by atoms with Crippen LogP contribution in [0.2, 0.25) is 0 Å². The molecular formula is C22H28O9.